The minimum absolute atomic E-state index is 0.0377. The van der Waals surface area contributed by atoms with E-state index in [1.165, 1.54) is 4.90 Å². The van der Waals surface area contributed by atoms with E-state index < -0.39 is 0 Å². The van der Waals surface area contributed by atoms with Gasteiger partial charge >= 0.3 is 6.03 Å². The maximum Gasteiger partial charge on any atom is 0.327 e. The normalized spacial score (nSPS) is 17.2. The van der Waals surface area contributed by atoms with Crippen molar-refractivity contribution in [3.05, 3.63) is 0 Å². The van der Waals surface area contributed by atoms with E-state index in [2.05, 4.69) is 55.4 Å². The monoisotopic (exact) mass is 338 g/mol. The number of urea groups is 1. The van der Waals surface area contributed by atoms with E-state index in [1.807, 2.05) is 0 Å². The zero-order chi connectivity index (χ0) is 18.8. The second-order valence-electron chi connectivity index (χ2n) is 10.2. The molecule has 0 radical (unpaired) electrons. The third-order valence-corrected chi connectivity index (χ3v) is 5.70. The lowest BCUT2D eigenvalue weighted by Gasteiger charge is -2.39. The number of amides is 3. The zero-order valence-corrected chi connectivity index (χ0v) is 17.2. The van der Waals surface area contributed by atoms with Gasteiger partial charge in [0.25, 0.3) is 0 Å². The van der Waals surface area contributed by atoms with Gasteiger partial charge in [-0.15, -0.1) is 0 Å². The summed E-state index contributed by atoms with van der Waals surface area (Å²) in [6, 6.07) is -0.0949. The summed E-state index contributed by atoms with van der Waals surface area (Å²) < 4.78 is 0. The molecule has 0 aliphatic carbocycles. The fourth-order valence-corrected chi connectivity index (χ4v) is 2.84. The second-order valence-corrected chi connectivity index (χ2v) is 10.2. The maximum atomic E-state index is 12.5. The highest BCUT2D eigenvalue weighted by Crippen LogP contribution is 2.41. The Kier molecular flexibility index (Phi) is 6.51. The average Bonchev–Trinajstić information content (AvgIpc) is 2.63. The smallest absolute Gasteiger partial charge is 0.315 e. The SMILES string of the molecule is CC(C)(C)CCCN1CC(=O)N(CCCC(C)(C)C(C)(C)C)C1=O. The van der Waals surface area contributed by atoms with Crippen LogP contribution in [0.5, 0.6) is 0 Å². The first-order valence-corrected chi connectivity index (χ1v) is 9.34. The number of carbonyl (C=O) groups is 2. The Bertz CT molecular complexity index is 455. The summed E-state index contributed by atoms with van der Waals surface area (Å²) >= 11 is 0. The first-order valence-electron chi connectivity index (χ1n) is 9.34. The lowest BCUT2D eigenvalue weighted by Crippen LogP contribution is -2.36. The van der Waals surface area contributed by atoms with E-state index in [4.69, 9.17) is 0 Å². The first kappa shape index (κ1) is 21.0. The molecule has 0 spiro atoms. The standard InChI is InChI=1S/C20H38N2O2/c1-18(2,3)11-9-13-21-15-16(23)22(17(21)24)14-10-12-20(7,8)19(4,5)6/h9-15H2,1-8H3. The molecule has 0 aromatic rings. The molecule has 24 heavy (non-hydrogen) atoms. The van der Waals surface area contributed by atoms with E-state index in [0.717, 1.165) is 25.7 Å². The Labute approximate surface area is 149 Å². The summed E-state index contributed by atoms with van der Waals surface area (Å²) in [6.45, 7) is 19.4. The zero-order valence-electron chi connectivity index (χ0n) is 17.2. The minimum Gasteiger partial charge on any atom is -0.315 e. The van der Waals surface area contributed by atoms with Crippen LogP contribution in [0.1, 0.15) is 81.1 Å². The minimum atomic E-state index is -0.0949. The molecule has 0 bridgehead atoms. The molecule has 0 aromatic heterocycles. The van der Waals surface area contributed by atoms with E-state index in [1.54, 1.807) is 4.90 Å². The van der Waals surface area contributed by atoms with Crippen molar-refractivity contribution in [3.8, 4) is 0 Å². The van der Waals surface area contributed by atoms with E-state index in [9.17, 15) is 9.59 Å². The lowest BCUT2D eigenvalue weighted by molar-refractivity contribution is -0.125. The summed E-state index contributed by atoms with van der Waals surface area (Å²) in [7, 11) is 0. The highest BCUT2D eigenvalue weighted by molar-refractivity contribution is 6.01. The molecule has 0 unspecified atom stereocenters. The number of carbonyl (C=O) groups excluding carboxylic acids is 2. The molecule has 0 N–H and O–H groups in total. The quantitative estimate of drug-likeness (QED) is 0.618. The van der Waals surface area contributed by atoms with Gasteiger partial charge in [0.2, 0.25) is 5.91 Å². The largest absolute Gasteiger partial charge is 0.327 e. The third kappa shape index (κ3) is 5.78. The topological polar surface area (TPSA) is 40.6 Å². The Hall–Kier alpha value is -1.06. The van der Waals surface area contributed by atoms with Crippen LogP contribution in [0.15, 0.2) is 0 Å². The molecule has 140 valence electrons. The molecule has 4 heteroatoms. The molecule has 3 amide bonds. The molecule has 1 aliphatic heterocycles. The Morgan fingerprint density at radius 1 is 0.833 bits per heavy atom. The fraction of sp³-hybridized carbons (Fsp3) is 0.900. The second kappa shape index (κ2) is 7.45. The van der Waals surface area contributed by atoms with Crippen molar-refractivity contribution in [2.24, 2.45) is 16.2 Å². The van der Waals surface area contributed by atoms with E-state index in [0.29, 0.717) is 13.1 Å². The summed E-state index contributed by atoms with van der Waals surface area (Å²) in [5.74, 6) is -0.0377. The number of rotatable bonds is 7. The molecule has 1 rings (SSSR count). The van der Waals surface area contributed by atoms with Crippen molar-refractivity contribution in [2.45, 2.75) is 81.1 Å². The molecule has 0 aromatic carbocycles. The van der Waals surface area contributed by atoms with Gasteiger partial charge in [-0.2, -0.15) is 0 Å². The van der Waals surface area contributed by atoms with Gasteiger partial charge in [0.15, 0.2) is 0 Å². The molecular weight excluding hydrogens is 300 g/mol. The Balaban J connectivity index is 2.47. The molecule has 1 saturated heterocycles. The van der Waals surface area contributed by atoms with Crippen LogP contribution in [0.2, 0.25) is 0 Å². The van der Waals surface area contributed by atoms with Crippen LogP contribution >= 0.6 is 0 Å². The Morgan fingerprint density at radius 2 is 1.38 bits per heavy atom. The first-order chi connectivity index (χ1) is 10.7. The predicted octanol–water partition coefficient (Wildman–Crippen LogP) is 4.93. The van der Waals surface area contributed by atoms with Crippen molar-refractivity contribution in [2.75, 3.05) is 19.6 Å². The Morgan fingerprint density at radius 3 is 1.88 bits per heavy atom. The van der Waals surface area contributed by atoms with Gasteiger partial charge in [-0.05, 0) is 41.9 Å². The number of hydrogen-bond donors (Lipinski definition) is 0. The average molecular weight is 339 g/mol. The van der Waals surface area contributed by atoms with Gasteiger partial charge < -0.3 is 4.90 Å². The van der Waals surface area contributed by atoms with Gasteiger partial charge in [0.05, 0.1) is 0 Å². The van der Waals surface area contributed by atoms with Gasteiger partial charge in [-0.3, -0.25) is 9.69 Å². The van der Waals surface area contributed by atoms with Gasteiger partial charge in [0, 0.05) is 13.1 Å². The van der Waals surface area contributed by atoms with Crippen molar-refractivity contribution >= 4 is 11.9 Å². The van der Waals surface area contributed by atoms with Crippen LogP contribution in [0.25, 0.3) is 0 Å². The predicted molar refractivity (Wildman–Crippen MR) is 99.8 cm³/mol. The summed E-state index contributed by atoms with van der Waals surface area (Å²) in [6.07, 6.45) is 3.90. The third-order valence-electron chi connectivity index (χ3n) is 5.70. The van der Waals surface area contributed by atoms with Crippen LogP contribution in [0.3, 0.4) is 0 Å². The van der Waals surface area contributed by atoms with Crippen LogP contribution < -0.4 is 0 Å². The molecule has 1 aliphatic rings. The lowest BCUT2D eigenvalue weighted by atomic mass is 9.67. The number of imide groups is 1. The summed E-state index contributed by atoms with van der Waals surface area (Å²) in [4.78, 5) is 27.8. The fourth-order valence-electron chi connectivity index (χ4n) is 2.84. The molecule has 1 heterocycles. The van der Waals surface area contributed by atoms with Gasteiger partial charge in [0.1, 0.15) is 6.54 Å². The van der Waals surface area contributed by atoms with Crippen molar-refractivity contribution in [3.63, 3.8) is 0 Å². The van der Waals surface area contributed by atoms with Crippen LogP contribution in [-0.4, -0.2) is 41.4 Å². The summed E-state index contributed by atoms with van der Waals surface area (Å²) in [5, 5.41) is 0. The maximum absolute atomic E-state index is 12.5. The molecule has 4 nitrogen and oxygen atoms in total. The van der Waals surface area contributed by atoms with E-state index >= 15 is 0 Å². The van der Waals surface area contributed by atoms with Crippen molar-refractivity contribution < 1.29 is 9.59 Å². The number of nitrogens with zero attached hydrogens (tertiary/aromatic N) is 2. The molecule has 0 saturated carbocycles. The van der Waals surface area contributed by atoms with Gasteiger partial charge in [-0.25, -0.2) is 4.79 Å². The highest BCUT2D eigenvalue weighted by Gasteiger charge is 2.37. The van der Waals surface area contributed by atoms with E-state index in [-0.39, 0.29) is 34.7 Å². The van der Waals surface area contributed by atoms with Gasteiger partial charge in [-0.1, -0.05) is 55.4 Å². The van der Waals surface area contributed by atoms with Crippen molar-refractivity contribution in [1.29, 1.82) is 0 Å². The van der Waals surface area contributed by atoms with Crippen LogP contribution in [0, 0.1) is 16.2 Å². The summed E-state index contributed by atoms with van der Waals surface area (Å²) in [5.41, 5.74) is 0.668. The van der Waals surface area contributed by atoms with Crippen molar-refractivity contribution in [1.82, 2.24) is 9.80 Å². The van der Waals surface area contributed by atoms with Crippen LogP contribution in [0.4, 0.5) is 4.79 Å². The molecule has 1 fully saturated rings. The highest BCUT2D eigenvalue weighted by atomic mass is 16.2. The number of hydrogen-bond acceptors (Lipinski definition) is 2. The molecular formula is C20H38N2O2. The van der Waals surface area contributed by atoms with Crippen LogP contribution in [-0.2, 0) is 4.79 Å². The molecule has 0 atom stereocenters.